The summed E-state index contributed by atoms with van der Waals surface area (Å²) in [5.41, 5.74) is 3.45. The normalized spacial score (nSPS) is 17.8. The van der Waals surface area contributed by atoms with Gasteiger partial charge in [0.2, 0.25) is 11.7 Å². The Labute approximate surface area is 186 Å². The molecule has 5 rings (SSSR count). The van der Waals surface area contributed by atoms with Crippen molar-refractivity contribution in [2.75, 3.05) is 13.1 Å². The summed E-state index contributed by atoms with van der Waals surface area (Å²) in [5, 5.41) is 13.1. The predicted octanol–water partition coefficient (Wildman–Crippen LogP) is 4.45. The Morgan fingerprint density at radius 2 is 1.84 bits per heavy atom. The van der Waals surface area contributed by atoms with Crippen LogP contribution in [0.15, 0.2) is 53.1 Å². The van der Waals surface area contributed by atoms with Crippen LogP contribution in [0.25, 0.3) is 11.4 Å². The lowest BCUT2D eigenvalue weighted by Gasteiger charge is -2.36. The van der Waals surface area contributed by atoms with Crippen LogP contribution < -0.4 is 0 Å². The number of carboxylic acid groups (broad SMARTS) is 1. The highest BCUT2D eigenvalue weighted by atomic mass is 19.1. The zero-order valence-corrected chi connectivity index (χ0v) is 17.8. The van der Waals surface area contributed by atoms with Gasteiger partial charge in [0, 0.05) is 31.6 Å². The summed E-state index contributed by atoms with van der Waals surface area (Å²) in [5.74, 6) is 0.0773. The Kier molecular flexibility index (Phi) is 5.51. The van der Waals surface area contributed by atoms with Crippen molar-refractivity contribution in [2.45, 2.75) is 44.1 Å². The van der Waals surface area contributed by atoms with Gasteiger partial charge in [-0.05, 0) is 54.4 Å². The van der Waals surface area contributed by atoms with Gasteiger partial charge in [-0.15, -0.1) is 0 Å². The van der Waals surface area contributed by atoms with E-state index >= 15 is 0 Å². The van der Waals surface area contributed by atoms with E-state index in [0.717, 1.165) is 49.8 Å². The molecule has 0 radical (unpaired) electrons. The van der Waals surface area contributed by atoms with Gasteiger partial charge < -0.3 is 9.63 Å². The fourth-order valence-corrected chi connectivity index (χ4v) is 4.56. The number of aliphatic carboxylic acids is 1. The Morgan fingerprint density at radius 3 is 2.50 bits per heavy atom. The Morgan fingerprint density at radius 1 is 1.12 bits per heavy atom. The molecule has 1 aliphatic carbocycles. The molecule has 2 aromatic carbocycles. The number of benzene rings is 2. The van der Waals surface area contributed by atoms with Crippen LogP contribution in [0, 0.1) is 11.7 Å². The second kappa shape index (κ2) is 8.47. The molecular formula is C25H26FN3O3. The molecule has 0 atom stereocenters. The molecule has 1 saturated heterocycles. The number of aryl methyl sites for hydroxylation is 1. The maximum absolute atomic E-state index is 13.2. The number of aromatic nitrogens is 2. The second-order valence-electron chi connectivity index (χ2n) is 9.08. The highest BCUT2D eigenvalue weighted by Crippen LogP contribution is 2.51. The van der Waals surface area contributed by atoms with E-state index in [1.807, 2.05) is 36.4 Å². The first-order chi connectivity index (χ1) is 15.5. The zero-order valence-electron chi connectivity index (χ0n) is 17.8. The summed E-state index contributed by atoms with van der Waals surface area (Å²) in [6.45, 7) is 1.96. The molecule has 1 aliphatic heterocycles. The minimum atomic E-state index is -0.715. The van der Waals surface area contributed by atoms with E-state index in [0.29, 0.717) is 24.8 Å². The highest BCUT2D eigenvalue weighted by Gasteiger charge is 2.43. The predicted molar refractivity (Wildman–Crippen MR) is 116 cm³/mol. The monoisotopic (exact) mass is 435 g/mol. The molecule has 6 nitrogen and oxygen atoms in total. The molecule has 0 spiro atoms. The van der Waals surface area contributed by atoms with Crippen molar-refractivity contribution in [2.24, 2.45) is 5.92 Å². The third-order valence-corrected chi connectivity index (χ3v) is 6.75. The highest BCUT2D eigenvalue weighted by molar-refractivity contribution is 5.71. The summed E-state index contributed by atoms with van der Waals surface area (Å²) in [7, 11) is 0. The maximum Gasteiger partial charge on any atom is 0.309 e. The zero-order chi connectivity index (χ0) is 22.1. The molecule has 0 bridgehead atoms. The molecule has 166 valence electrons. The SMILES string of the molecule is O=C(O)C1CN(Cc2ccc(-c3noc(CCCC4(c5ccc(F)cc5)CC4)n3)cc2)C1. The molecule has 1 aromatic heterocycles. The van der Waals surface area contributed by atoms with Crippen molar-refractivity contribution >= 4 is 5.97 Å². The number of hydrogen-bond donors (Lipinski definition) is 1. The molecule has 2 fully saturated rings. The minimum absolute atomic E-state index is 0.188. The van der Waals surface area contributed by atoms with E-state index in [2.05, 4.69) is 15.0 Å². The molecule has 32 heavy (non-hydrogen) atoms. The molecule has 1 saturated carbocycles. The quantitative estimate of drug-likeness (QED) is 0.535. The molecular weight excluding hydrogens is 409 g/mol. The van der Waals surface area contributed by atoms with E-state index in [1.54, 1.807) is 12.1 Å². The van der Waals surface area contributed by atoms with Gasteiger partial charge in [-0.2, -0.15) is 4.98 Å². The molecule has 0 amide bonds. The van der Waals surface area contributed by atoms with Gasteiger partial charge in [0.1, 0.15) is 5.82 Å². The van der Waals surface area contributed by atoms with Crippen LogP contribution in [0.1, 0.15) is 42.7 Å². The van der Waals surface area contributed by atoms with Crippen molar-refractivity contribution in [1.29, 1.82) is 0 Å². The third-order valence-electron chi connectivity index (χ3n) is 6.75. The van der Waals surface area contributed by atoms with Gasteiger partial charge in [0.25, 0.3) is 0 Å². The van der Waals surface area contributed by atoms with Gasteiger partial charge in [0.05, 0.1) is 5.92 Å². The van der Waals surface area contributed by atoms with Gasteiger partial charge in [-0.1, -0.05) is 41.6 Å². The smallest absolute Gasteiger partial charge is 0.309 e. The van der Waals surface area contributed by atoms with Crippen LogP contribution in [0.4, 0.5) is 4.39 Å². The lowest BCUT2D eigenvalue weighted by Crippen LogP contribution is -2.49. The van der Waals surface area contributed by atoms with Crippen molar-refractivity contribution in [1.82, 2.24) is 15.0 Å². The van der Waals surface area contributed by atoms with Gasteiger partial charge in [-0.3, -0.25) is 9.69 Å². The molecule has 2 aliphatic rings. The molecule has 7 heteroatoms. The van der Waals surface area contributed by atoms with Gasteiger partial charge in [-0.25, -0.2) is 4.39 Å². The lowest BCUT2D eigenvalue weighted by atomic mass is 9.90. The first-order valence-electron chi connectivity index (χ1n) is 11.1. The van der Waals surface area contributed by atoms with Crippen LogP contribution in [0.5, 0.6) is 0 Å². The van der Waals surface area contributed by atoms with Crippen molar-refractivity contribution in [3.05, 3.63) is 71.4 Å². The summed E-state index contributed by atoms with van der Waals surface area (Å²) in [6, 6.07) is 14.9. The molecule has 0 unspecified atom stereocenters. The summed E-state index contributed by atoms with van der Waals surface area (Å²) >= 11 is 0. The number of likely N-dealkylation sites (tertiary alicyclic amines) is 1. The topological polar surface area (TPSA) is 79.5 Å². The number of rotatable bonds is 9. The minimum Gasteiger partial charge on any atom is -0.481 e. The molecule has 2 heterocycles. The number of carboxylic acids is 1. The van der Waals surface area contributed by atoms with E-state index < -0.39 is 5.97 Å². The first kappa shape index (κ1) is 20.8. The Hall–Kier alpha value is -3.06. The Bertz CT molecular complexity index is 1080. The summed E-state index contributed by atoms with van der Waals surface area (Å²) in [6.07, 6.45) is 5.01. The van der Waals surface area contributed by atoms with E-state index in [4.69, 9.17) is 9.63 Å². The van der Waals surface area contributed by atoms with E-state index in [9.17, 15) is 9.18 Å². The van der Waals surface area contributed by atoms with Crippen LogP contribution in [-0.4, -0.2) is 39.2 Å². The first-order valence-corrected chi connectivity index (χ1v) is 11.1. The average molecular weight is 435 g/mol. The van der Waals surface area contributed by atoms with E-state index in [-0.39, 0.29) is 17.2 Å². The van der Waals surface area contributed by atoms with Crippen LogP contribution in [0.3, 0.4) is 0 Å². The average Bonchev–Trinajstić information content (AvgIpc) is 3.39. The number of halogens is 1. The van der Waals surface area contributed by atoms with Crippen LogP contribution in [0.2, 0.25) is 0 Å². The Balaban J connectivity index is 1.12. The fraction of sp³-hybridized carbons (Fsp3) is 0.400. The standard InChI is InChI=1S/C25H26FN3O3/c26-21-9-7-20(8-10-21)25(12-13-25)11-1-2-22-27-23(28-32-22)18-5-3-17(4-6-18)14-29-15-19(16-29)24(30)31/h3-10,19H,1-2,11-16H2,(H,30,31). The van der Waals surface area contributed by atoms with Crippen LogP contribution >= 0.6 is 0 Å². The molecule has 3 aromatic rings. The van der Waals surface area contributed by atoms with Crippen LogP contribution in [-0.2, 0) is 23.2 Å². The van der Waals surface area contributed by atoms with Gasteiger partial charge in [0.15, 0.2) is 0 Å². The largest absolute Gasteiger partial charge is 0.481 e. The van der Waals surface area contributed by atoms with Crippen molar-refractivity contribution < 1.29 is 18.8 Å². The number of nitrogens with zero attached hydrogens (tertiary/aromatic N) is 3. The number of hydrogen-bond acceptors (Lipinski definition) is 5. The maximum atomic E-state index is 13.2. The summed E-state index contributed by atoms with van der Waals surface area (Å²) in [4.78, 5) is 17.6. The molecule has 1 N–H and O–H groups in total. The second-order valence-corrected chi connectivity index (χ2v) is 9.08. The van der Waals surface area contributed by atoms with Crippen molar-refractivity contribution in [3.63, 3.8) is 0 Å². The van der Waals surface area contributed by atoms with Gasteiger partial charge >= 0.3 is 5.97 Å². The third kappa shape index (κ3) is 4.43. The van der Waals surface area contributed by atoms with E-state index in [1.165, 1.54) is 5.56 Å². The lowest BCUT2D eigenvalue weighted by molar-refractivity contribution is -0.147. The number of carbonyl (C=O) groups is 1. The fourth-order valence-electron chi connectivity index (χ4n) is 4.56. The van der Waals surface area contributed by atoms with Crippen molar-refractivity contribution in [3.8, 4) is 11.4 Å². The summed E-state index contributed by atoms with van der Waals surface area (Å²) < 4.78 is 18.7.